The molecule has 174 valence electrons. The number of carbonyl (C=O) groups is 1. The van der Waals surface area contributed by atoms with E-state index in [1.54, 1.807) is 16.5 Å². The van der Waals surface area contributed by atoms with Crippen molar-refractivity contribution in [2.45, 2.75) is 24.9 Å². The van der Waals surface area contributed by atoms with E-state index in [0.29, 0.717) is 12.1 Å². The quantitative estimate of drug-likeness (QED) is 0.378. The van der Waals surface area contributed by atoms with Crippen LogP contribution >= 0.6 is 0 Å². The molecule has 0 aliphatic heterocycles. The molecule has 0 fully saturated rings. The van der Waals surface area contributed by atoms with E-state index in [0.717, 1.165) is 28.1 Å². The van der Waals surface area contributed by atoms with Gasteiger partial charge in [-0.3, -0.25) is 4.79 Å². The molecule has 0 aliphatic rings. The maximum atomic E-state index is 13.3. The number of aromatic nitrogens is 1. The number of hydrogen-bond donors (Lipinski definition) is 0. The Morgan fingerprint density at radius 3 is 1.94 bits per heavy atom. The van der Waals surface area contributed by atoms with Gasteiger partial charge < -0.3 is 9.47 Å². The number of rotatable bonds is 7. The first-order chi connectivity index (χ1) is 16.3. The Balaban J connectivity index is 1.86. The standard InChI is InChI=1S/C28H28N2O3S/c1-21-25(19-26(31)29(2)20-22-13-7-4-8-14-22)27(23-15-9-5-10-16-23)28(34(3,32)33)30(21)24-17-11-6-12-18-24/h4-18H,19-20H2,1-3H3. The number of likely N-dealkylation sites (N-methyl/N-ethyl adjacent to an activating group) is 1. The second-order valence-electron chi connectivity index (χ2n) is 8.47. The van der Waals surface area contributed by atoms with Gasteiger partial charge in [-0.25, -0.2) is 8.42 Å². The van der Waals surface area contributed by atoms with Crippen LogP contribution in [0.5, 0.6) is 0 Å². The summed E-state index contributed by atoms with van der Waals surface area (Å²) in [5.41, 5.74) is 4.61. The summed E-state index contributed by atoms with van der Waals surface area (Å²) in [5, 5.41) is 0.205. The van der Waals surface area contributed by atoms with Gasteiger partial charge in [0.15, 0.2) is 9.84 Å². The van der Waals surface area contributed by atoms with Crippen LogP contribution in [0.3, 0.4) is 0 Å². The van der Waals surface area contributed by atoms with Crippen LogP contribution in [-0.2, 0) is 27.6 Å². The molecule has 0 aliphatic carbocycles. The van der Waals surface area contributed by atoms with Gasteiger partial charge in [0, 0.05) is 36.8 Å². The summed E-state index contributed by atoms with van der Waals surface area (Å²) in [6.07, 6.45) is 1.32. The van der Waals surface area contributed by atoms with Crippen molar-refractivity contribution < 1.29 is 13.2 Å². The van der Waals surface area contributed by atoms with Gasteiger partial charge in [-0.05, 0) is 35.7 Å². The lowest BCUT2D eigenvalue weighted by molar-refractivity contribution is -0.129. The Morgan fingerprint density at radius 2 is 1.38 bits per heavy atom. The minimum absolute atomic E-state index is 0.0746. The molecule has 4 aromatic rings. The number of nitrogens with zero attached hydrogens (tertiary/aromatic N) is 2. The molecule has 0 unspecified atom stereocenters. The summed E-state index contributed by atoms with van der Waals surface area (Å²) in [6.45, 7) is 2.37. The third-order valence-electron chi connectivity index (χ3n) is 5.94. The molecule has 0 saturated carbocycles. The third kappa shape index (κ3) is 4.82. The number of carbonyl (C=O) groups excluding carboxylic acids is 1. The minimum Gasteiger partial charge on any atom is -0.341 e. The first-order valence-corrected chi connectivity index (χ1v) is 13.0. The van der Waals surface area contributed by atoms with Gasteiger partial charge in [0.2, 0.25) is 5.91 Å². The fraction of sp³-hybridized carbons (Fsp3) is 0.179. The molecule has 0 atom stereocenters. The molecule has 0 radical (unpaired) electrons. The first kappa shape index (κ1) is 23.5. The Morgan fingerprint density at radius 1 is 0.853 bits per heavy atom. The van der Waals surface area contributed by atoms with E-state index in [4.69, 9.17) is 0 Å². The molecule has 1 aromatic heterocycles. The second-order valence-corrected chi connectivity index (χ2v) is 10.4. The van der Waals surface area contributed by atoms with E-state index in [1.807, 2.05) is 97.9 Å². The maximum absolute atomic E-state index is 13.3. The monoisotopic (exact) mass is 472 g/mol. The molecule has 6 heteroatoms. The van der Waals surface area contributed by atoms with Gasteiger partial charge >= 0.3 is 0 Å². The van der Waals surface area contributed by atoms with E-state index in [9.17, 15) is 13.2 Å². The Kier molecular flexibility index (Phi) is 6.70. The van der Waals surface area contributed by atoms with Crippen LogP contribution in [0.1, 0.15) is 16.8 Å². The van der Waals surface area contributed by atoms with Gasteiger partial charge in [-0.1, -0.05) is 78.9 Å². The lowest BCUT2D eigenvalue weighted by atomic mass is 10.00. The summed E-state index contributed by atoms with van der Waals surface area (Å²) >= 11 is 0. The van der Waals surface area contributed by atoms with Gasteiger partial charge in [0.25, 0.3) is 0 Å². The topological polar surface area (TPSA) is 59.4 Å². The third-order valence-corrected chi connectivity index (χ3v) is 7.02. The molecule has 1 heterocycles. The first-order valence-electron chi connectivity index (χ1n) is 11.1. The largest absolute Gasteiger partial charge is 0.341 e. The zero-order valence-corrected chi connectivity index (χ0v) is 20.4. The van der Waals surface area contributed by atoms with E-state index >= 15 is 0 Å². The summed E-state index contributed by atoms with van der Waals surface area (Å²) in [4.78, 5) is 15.0. The average molecular weight is 473 g/mol. The zero-order valence-electron chi connectivity index (χ0n) is 19.6. The molecule has 0 N–H and O–H groups in total. The van der Waals surface area contributed by atoms with E-state index in [2.05, 4.69) is 0 Å². The highest BCUT2D eigenvalue weighted by Gasteiger charge is 2.30. The van der Waals surface area contributed by atoms with Gasteiger partial charge in [-0.15, -0.1) is 0 Å². The minimum atomic E-state index is -3.63. The molecule has 5 nitrogen and oxygen atoms in total. The van der Waals surface area contributed by atoms with Crippen molar-refractivity contribution in [1.29, 1.82) is 0 Å². The van der Waals surface area contributed by atoms with E-state index in [-0.39, 0.29) is 17.4 Å². The van der Waals surface area contributed by atoms with Gasteiger partial charge in [0.05, 0.1) is 6.42 Å². The van der Waals surface area contributed by atoms with E-state index < -0.39 is 9.84 Å². The molecular weight excluding hydrogens is 444 g/mol. The molecule has 0 saturated heterocycles. The van der Waals surface area contributed by atoms with Crippen LogP contribution in [0.2, 0.25) is 0 Å². The predicted octanol–water partition coefficient (Wildman–Crippen LogP) is 5.06. The van der Waals surface area contributed by atoms with Crippen molar-refractivity contribution in [2.75, 3.05) is 13.3 Å². The van der Waals surface area contributed by atoms with Crippen LogP contribution in [0, 0.1) is 6.92 Å². The smallest absolute Gasteiger partial charge is 0.227 e. The highest BCUT2D eigenvalue weighted by molar-refractivity contribution is 7.90. The number of hydrogen-bond acceptors (Lipinski definition) is 3. The zero-order chi connectivity index (χ0) is 24.3. The highest BCUT2D eigenvalue weighted by Crippen LogP contribution is 2.38. The fourth-order valence-electron chi connectivity index (χ4n) is 4.30. The number of para-hydroxylation sites is 1. The van der Waals surface area contributed by atoms with Crippen LogP contribution in [0.15, 0.2) is 96.0 Å². The summed E-state index contributed by atoms with van der Waals surface area (Å²) in [6, 6.07) is 28.6. The molecular formula is C28H28N2O3S. The van der Waals surface area contributed by atoms with Crippen LogP contribution < -0.4 is 0 Å². The van der Waals surface area contributed by atoms with E-state index in [1.165, 1.54) is 6.26 Å². The number of benzene rings is 3. The SMILES string of the molecule is Cc1c(CC(=O)N(C)Cc2ccccc2)c(-c2ccccc2)c(S(C)(=O)=O)n1-c1ccccc1. The van der Waals surface area contributed by atoms with Crippen molar-refractivity contribution in [3.8, 4) is 16.8 Å². The number of sulfone groups is 1. The average Bonchev–Trinajstić information content (AvgIpc) is 3.13. The molecule has 4 rings (SSSR count). The Hall–Kier alpha value is -3.64. The lowest BCUT2D eigenvalue weighted by Gasteiger charge is -2.18. The highest BCUT2D eigenvalue weighted by atomic mass is 32.2. The summed E-state index contributed by atoms with van der Waals surface area (Å²) in [7, 11) is -1.85. The Bertz CT molecular complexity index is 1390. The van der Waals surface area contributed by atoms with Crippen LogP contribution in [0.25, 0.3) is 16.8 Å². The summed E-state index contributed by atoms with van der Waals surface area (Å²) in [5.74, 6) is -0.0746. The maximum Gasteiger partial charge on any atom is 0.227 e. The fourth-order valence-corrected chi connectivity index (χ4v) is 5.48. The van der Waals surface area contributed by atoms with Gasteiger partial charge in [-0.2, -0.15) is 0 Å². The van der Waals surface area contributed by atoms with Crippen molar-refractivity contribution in [1.82, 2.24) is 9.47 Å². The Labute approximate surface area is 201 Å². The predicted molar refractivity (Wildman–Crippen MR) is 136 cm³/mol. The molecule has 0 spiro atoms. The van der Waals surface area contributed by atoms with Crippen molar-refractivity contribution >= 4 is 15.7 Å². The molecule has 1 amide bonds. The van der Waals surface area contributed by atoms with Crippen molar-refractivity contribution in [3.63, 3.8) is 0 Å². The van der Waals surface area contributed by atoms with Crippen LogP contribution in [0.4, 0.5) is 0 Å². The van der Waals surface area contributed by atoms with Gasteiger partial charge in [0.1, 0.15) is 5.03 Å². The lowest BCUT2D eigenvalue weighted by Crippen LogP contribution is -2.28. The van der Waals surface area contributed by atoms with Crippen molar-refractivity contribution in [2.24, 2.45) is 0 Å². The number of amides is 1. The normalized spacial score (nSPS) is 11.4. The second kappa shape index (κ2) is 9.69. The molecule has 0 bridgehead atoms. The summed E-state index contributed by atoms with van der Waals surface area (Å²) < 4.78 is 28.0. The van der Waals surface area contributed by atoms with Crippen LogP contribution in [-0.4, -0.2) is 37.1 Å². The van der Waals surface area contributed by atoms with Crippen molar-refractivity contribution in [3.05, 3.63) is 108 Å². The molecule has 34 heavy (non-hydrogen) atoms. The molecule has 3 aromatic carbocycles.